The van der Waals surface area contributed by atoms with Crippen molar-refractivity contribution in [1.82, 2.24) is 15.2 Å². The Balaban J connectivity index is 2.17. The maximum atomic E-state index is 11.7. The van der Waals surface area contributed by atoms with E-state index in [2.05, 4.69) is 10.3 Å². The van der Waals surface area contributed by atoms with Crippen molar-refractivity contribution in [3.8, 4) is 0 Å². The van der Waals surface area contributed by atoms with Crippen LogP contribution in [0.5, 0.6) is 0 Å². The molecule has 1 atom stereocenters. The van der Waals surface area contributed by atoms with Gasteiger partial charge in [-0.25, -0.2) is 9.78 Å². The molecule has 2 rings (SSSR count). The quantitative estimate of drug-likeness (QED) is 0.741. The van der Waals surface area contributed by atoms with Gasteiger partial charge in [0.25, 0.3) is 0 Å². The Kier molecular flexibility index (Phi) is 2.66. The molecule has 1 fully saturated rings. The normalized spacial score (nSPS) is 20.7. The number of aryl methyl sites for hydroxylation is 1. The second-order valence-electron chi connectivity index (χ2n) is 3.81. The highest BCUT2D eigenvalue weighted by atomic mass is 16.4. The number of urea groups is 1. The molecule has 1 aliphatic rings. The number of hydrogen-bond donors (Lipinski definition) is 1. The molecule has 90 valence electrons. The molecule has 1 saturated heterocycles. The molecule has 0 spiro atoms. The first-order valence-corrected chi connectivity index (χ1v) is 5.06. The van der Waals surface area contributed by atoms with Crippen LogP contribution in [-0.4, -0.2) is 27.7 Å². The Hall–Kier alpha value is -2.18. The number of imide groups is 2. The lowest BCUT2D eigenvalue weighted by molar-refractivity contribution is -0.142. The van der Waals surface area contributed by atoms with Gasteiger partial charge in [-0.2, -0.15) is 0 Å². The highest BCUT2D eigenvalue weighted by Crippen LogP contribution is 2.13. The van der Waals surface area contributed by atoms with Gasteiger partial charge in [-0.3, -0.25) is 19.8 Å². The highest BCUT2D eigenvalue weighted by Gasteiger charge is 2.37. The number of carbonyl (C=O) groups is 3. The maximum absolute atomic E-state index is 11.7. The molecule has 4 amide bonds. The van der Waals surface area contributed by atoms with E-state index < -0.39 is 23.8 Å². The molecule has 1 N–H and O–H groups in total. The first-order valence-electron chi connectivity index (χ1n) is 5.06. The van der Waals surface area contributed by atoms with Crippen molar-refractivity contribution in [2.75, 3.05) is 0 Å². The van der Waals surface area contributed by atoms with Gasteiger partial charge in [-0.1, -0.05) is 0 Å². The third-order valence-electron chi connectivity index (χ3n) is 2.47. The number of oxazole rings is 1. The fourth-order valence-electron chi connectivity index (χ4n) is 1.49. The molecule has 1 aromatic heterocycles. The van der Waals surface area contributed by atoms with Crippen LogP contribution in [0.2, 0.25) is 0 Å². The van der Waals surface area contributed by atoms with E-state index >= 15 is 0 Å². The number of carbonyl (C=O) groups excluding carboxylic acids is 3. The van der Waals surface area contributed by atoms with Gasteiger partial charge >= 0.3 is 6.03 Å². The van der Waals surface area contributed by atoms with E-state index in [1.54, 1.807) is 6.92 Å². The van der Waals surface area contributed by atoms with E-state index in [-0.39, 0.29) is 12.4 Å². The first-order chi connectivity index (χ1) is 7.99. The fraction of sp³-hybridized carbons (Fsp3) is 0.400. The Bertz CT molecular complexity index is 493. The SMILES string of the molecule is Cc1cnc(CN2C(=O)NC(=O)C(C)C2=O)o1. The fourth-order valence-corrected chi connectivity index (χ4v) is 1.49. The molecule has 17 heavy (non-hydrogen) atoms. The van der Waals surface area contributed by atoms with Crippen LogP contribution >= 0.6 is 0 Å². The molecule has 0 radical (unpaired) electrons. The first kappa shape index (κ1) is 11.3. The maximum Gasteiger partial charge on any atom is 0.331 e. The van der Waals surface area contributed by atoms with Crippen molar-refractivity contribution >= 4 is 17.8 Å². The third-order valence-corrected chi connectivity index (χ3v) is 2.47. The van der Waals surface area contributed by atoms with Crippen molar-refractivity contribution in [2.24, 2.45) is 5.92 Å². The van der Waals surface area contributed by atoms with Crippen LogP contribution in [0.25, 0.3) is 0 Å². The molecule has 0 bridgehead atoms. The molecule has 2 heterocycles. The number of nitrogens with zero attached hydrogens (tertiary/aromatic N) is 2. The van der Waals surface area contributed by atoms with Crippen LogP contribution in [0.4, 0.5) is 4.79 Å². The van der Waals surface area contributed by atoms with Gasteiger partial charge in [-0.15, -0.1) is 0 Å². The van der Waals surface area contributed by atoms with Crippen molar-refractivity contribution in [1.29, 1.82) is 0 Å². The van der Waals surface area contributed by atoms with E-state index in [9.17, 15) is 14.4 Å². The Labute approximate surface area is 96.8 Å². The summed E-state index contributed by atoms with van der Waals surface area (Å²) in [5, 5.41) is 2.09. The summed E-state index contributed by atoms with van der Waals surface area (Å²) in [5.41, 5.74) is 0. The zero-order valence-corrected chi connectivity index (χ0v) is 9.39. The van der Waals surface area contributed by atoms with Crippen LogP contribution in [-0.2, 0) is 16.1 Å². The van der Waals surface area contributed by atoms with Gasteiger partial charge in [0.1, 0.15) is 18.2 Å². The second-order valence-corrected chi connectivity index (χ2v) is 3.81. The van der Waals surface area contributed by atoms with Crippen molar-refractivity contribution in [3.63, 3.8) is 0 Å². The van der Waals surface area contributed by atoms with Crippen LogP contribution in [0.1, 0.15) is 18.6 Å². The summed E-state index contributed by atoms with van der Waals surface area (Å²) in [5.74, 6) is -1.15. The van der Waals surface area contributed by atoms with E-state index in [0.717, 1.165) is 4.90 Å². The molecule has 0 aliphatic carbocycles. The highest BCUT2D eigenvalue weighted by molar-refractivity contribution is 6.15. The second kappa shape index (κ2) is 4.00. The van der Waals surface area contributed by atoms with E-state index in [1.807, 2.05) is 0 Å². The van der Waals surface area contributed by atoms with Crippen LogP contribution in [0.3, 0.4) is 0 Å². The van der Waals surface area contributed by atoms with E-state index in [1.165, 1.54) is 13.1 Å². The summed E-state index contributed by atoms with van der Waals surface area (Å²) in [4.78, 5) is 39.2. The van der Waals surface area contributed by atoms with Crippen molar-refractivity contribution in [3.05, 3.63) is 17.8 Å². The number of nitrogens with one attached hydrogen (secondary N) is 1. The van der Waals surface area contributed by atoms with Gasteiger partial charge in [0.05, 0.1) is 6.20 Å². The number of aromatic nitrogens is 1. The number of amides is 4. The Morgan fingerprint density at radius 3 is 2.76 bits per heavy atom. The zero-order valence-electron chi connectivity index (χ0n) is 9.39. The summed E-state index contributed by atoms with van der Waals surface area (Å²) >= 11 is 0. The molecule has 1 unspecified atom stereocenters. The van der Waals surface area contributed by atoms with Crippen LogP contribution in [0.15, 0.2) is 10.6 Å². The molecular formula is C10H11N3O4. The average Bonchev–Trinajstić information content (AvgIpc) is 2.67. The van der Waals surface area contributed by atoms with Gasteiger partial charge in [-0.05, 0) is 13.8 Å². The monoisotopic (exact) mass is 237 g/mol. The predicted molar refractivity (Wildman–Crippen MR) is 54.5 cm³/mol. The predicted octanol–water partition coefficient (Wildman–Crippen LogP) is 0.198. The Morgan fingerprint density at radius 2 is 2.18 bits per heavy atom. The molecule has 0 aromatic carbocycles. The average molecular weight is 237 g/mol. The summed E-state index contributed by atoms with van der Waals surface area (Å²) in [6, 6.07) is -0.742. The van der Waals surface area contributed by atoms with Gasteiger partial charge in [0, 0.05) is 0 Å². The molecule has 7 nitrogen and oxygen atoms in total. The lowest BCUT2D eigenvalue weighted by Gasteiger charge is -2.27. The number of hydrogen-bond acceptors (Lipinski definition) is 5. The van der Waals surface area contributed by atoms with Gasteiger partial charge < -0.3 is 4.42 Å². The number of barbiturate groups is 1. The molecule has 1 aliphatic heterocycles. The summed E-state index contributed by atoms with van der Waals surface area (Å²) in [6.07, 6.45) is 1.50. The summed E-state index contributed by atoms with van der Waals surface area (Å²) < 4.78 is 5.18. The molecule has 0 saturated carbocycles. The third kappa shape index (κ3) is 2.03. The van der Waals surface area contributed by atoms with E-state index in [4.69, 9.17) is 4.42 Å². The van der Waals surface area contributed by atoms with Crippen molar-refractivity contribution < 1.29 is 18.8 Å². The van der Waals surface area contributed by atoms with Gasteiger partial charge in [0.2, 0.25) is 17.7 Å². The molecular weight excluding hydrogens is 226 g/mol. The minimum absolute atomic E-state index is 0.0733. The molecule has 7 heteroatoms. The largest absolute Gasteiger partial charge is 0.444 e. The summed E-state index contributed by atoms with van der Waals surface area (Å²) in [7, 11) is 0. The molecule has 1 aromatic rings. The standard InChI is InChI=1S/C10H11N3O4/c1-5-3-11-7(17-5)4-13-9(15)6(2)8(14)12-10(13)16/h3,6H,4H2,1-2H3,(H,12,14,16). The van der Waals surface area contributed by atoms with Crippen molar-refractivity contribution in [2.45, 2.75) is 20.4 Å². The van der Waals surface area contributed by atoms with E-state index in [0.29, 0.717) is 5.76 Å². The number of rotatable bonds is 2. The summed E-state index contributed by atoms with van der Waals surface area (Å²) in [6.45, 7) is 3.08. The lowest BCUT2D eigenvalue weighted by atomic mass is 10.1. The van der Waals surface area contributed by atoms with Gasteiger partial charge in [0.15, 0.2) is 0 Å². The smallest absolute Gasteiger partial charge is 0.331 e. The minimum Gasteiger partial charge on any atom is -0.444 e. The topological polar surface area (TPSA) is 92.5 Å². The minimum atomic E-state index is -0.872. The zero-order chi connectivity index (χ0) is 12.6. The van der Waals surface area contributed by atoms with Crippen LogP contribution in [0, 0.1) is 12.8 Å². The lowest BCUT2D eigenvalue weighted by Crippen LogP contribution is -2.56. The van der Waals surface area contributed by atoms with Crippen LogP contribution < -0.4 is 5.32 Å². The Morgan fingerprint density at radius 1 is 1.47 bits per heavy atom.